The number of esters is 2. The highest BCUT2D eigenvalue weighted by Gasteiger charge is 2.16. The molecule has 5 nitrogen and oxygen atoms in total. The van der Waals surface area contributed by atoms with Crippen LogP contribution >= 0.6 is 0 Å². The minimum Gasteiger partial charge on any atom is -0.462 e. The summed E-state index contributed by atoms with van der Waals surface area (Å²) in [5, 5.41) is 9.65. The lowest BCUT2D eigenvalue weighted by Gasteiger charge is -2.15. The van der Waals surface area contributed by atoms with E-state index in [0.29, 0.717) is 12.8 Å². The first kappa shape index (κ1) is 70.0. The van der Waals surface area contributed by atoms with Crippen LogP contribution in [0.15, 0.2) is 134 Å². The van der Waals surface area contributed by atoms with Gasteiger partial charge in [0.2, 0.25) is 0 Å². The molecular formula is C69H114O5. The molecule has 0 fully saturated rings. The maximum absolute atomic E-state index is 12.3. The van der Waals surface area contributed by atoms with Gasteiger partial charge in [-0.3, -0.25) is 9.59 Å². The third kappa shape index (κ3) is 60.6. The van der Waals surface area contributed by atoms with Crippen molar-refractivity contribution in [2.24, 2.45) is 0 Å². The van der Waals surface area contributed by atoms with Gasteiger partial charge in [0.05, 0.1) is 6.61 Å². The Morgan fingerprint density at radius 1 is 0.311 bits per heavy atom. The van der Waals surface area contributed by atoms with E-state index in [1.165, 1.54) is 128 Å². The van der Waals surface area contributed by atoms with Crippen LogP contribution in [0.5, 0.6) is 0 Å². The number of carbonyl (C=O) groups is 2. The fourth-order valence-corrected chi connectivity index (χ4v) is 8.41. The molecule has 0 saturated heterocycles. The molecular weight excluding hydrogens is 909 g/mol. The second kappa shape index (κ2) is 63.3. The first-order valence-electron chi connectivity index (χ1n) is 30.7. The summed E-state index contributed by atoms with van der Waals surface area (Å²) in [6.07, 6.45) is 94.6. The van der Waals surface area contributed by atoms with Crippen molar-refractivity contribution < 1.29 is 24.2 Å². The number of aliphatic hydroxyl groups is 1. The summed E-state index contributed by atoms with van der Waals surface area (Å²) < 4.78 is 10.7. The molecule has 0 aliphatic heterocycles. The molecule has 0 amide bonds. The number of allylic oxidation sites excluding steroid dienone is 22. The number of hydrogen-bond donors (Lipinski definition) is 1. The van der Waals surface area contributed by atoms with Crippen molar-refractivity contribution in [3.63, 3.8) is 0 Å². The first-order chi connectivity index (χ1) is 36.6. The second-order valence-corrected chi connectivity index (χ2v) is 20.0. The topological polar surface area (TPSA) is 72.8 Å². The molecule has 0 spiro atoms. The molecule has 0 heterocycles. The zero-order valence-corrected chi connectivity index (χ0v) is 48.1. The van der Waals surface area contributed by atoms with Crippen LogP contribution < -0.4 is 0 Å². The lowest BCUT2D eigenvalue weighted by molar-refractivity contribution is -0.161. The van der Waals surface area contributed by atoms with E-state index in [1.54, 1.807) is 0 Å². The molecule has 74 heavy (non-hydrogen) atoms. The molecule has 0 aromatic rings. The van der Waals surface area contributed by atoms with Crippen molar-refractivity contribution in [3.8, 4) is 0 Å². The average Bonchev–Trinajstić information content (AvgIpc) is 3.40. The molecule has 0 aliphatic carbocycles. The first-order valence-corrected chi connectivity index (χ1v) is 30.7. The van der Waals surface area contributed by atoms with Crippen LogP contribution in [0.1, 0.15) is 271 Å². The Labute approximate surface area is 457 Å². The summed E-state index contributed by atoms with van der Waals surface area (Å²) in [5.41, 5.74) is 0. The number of unbranched alkanes of at least 4 members (excludes halogenated alkanes) is 25. The maximum atomic E-state index is 12.3. The highest BCUT2D eigenvalue weighted by Crippen LogP contribution is 2.16. The summed E-state index contributed by atoms with van der Waals surface area (Å²) in [6, 6.07) is 0. The third-order valence-electron chi connectivity index (χ3n) is 12.9. The highest BCUT2D eigenvalue weighted by atomic mass is 16.6. The lowest BCUT2D eigenvalue weighted by Crippen LogP contribution is -2.28. The molecule has 420 valence electrons. The monoisotopic (exact) mass is 1020 g/mol. The van der Waals surface area contributed by atoms with E-state index in [9.17, 15) is 14.7 Å². The number of ether oxygens (including phenoxy) is 2. The Morgan fingerprint density at radius 3 is 0.824 bits per heavy atom. The SMILES string of the molecule is CC/C=C\C/C=C\C/C=C\C/C=C\C/C=C\C/C=C\CCCCCCCCCCCCCCCCCCCCCCCCC(=O)OC(CO)COC(=O)CCCCC/C=C\C/C=C\C/C=C\C/C=C\C/C=C\CC. The van der Waals surface area contributed by atoms with E-state index in [0.717, 1.165) is 116 Å². The van der Waals surface area contributed by atoms with E-state index in [2.05, 4.69) is 148 Å². The van der Waals surface area contributed by atoms with Crippen LogP contribution in [0, 0.1) is 0 Å². The van der Waals surface area contributed by atoms with Crippen LogP contribution in [-0.4, -0.2) is 36.4 Å². The second-order valence-electron chi connectivity index (χ2n) is 20.0. The normalized spacial score (nSPS) is 13.2. The Balaban J connectivity index is 3.48. The Kier molecular flexibility index (Phi) is 59.9. The van der Waals surface area contributed by atoms with E-state index < -0.39 is 6.10 Å². The van der Waals surface area contributed by atoms with Crippen LogP contribution in [0.25, 0.3) is 0 Å². The van der Waals surface area contributed by atoms with Crippen LogP contribution in [0.4, 0.5) is 0 Å². The van der Waals surface area contributed by atoms with Gasteiger partial charge in [0.15, 0.2) is 6.10 Å². The van der Waals surface area contributed by atoms with Crippen molar-refractivity contribution >= 4 is 11.9 Å². The Morgan fingerprint density at radius 2 is 0.541 bits per heavy atom. The van der Waals surface area contributed by atoms with Gasteiger partial charge < -0.3 is 14.6 Å². The third-order valence-corrected chi connectivity index (χ3v) is 12.9. The minimum atomic E-state index is -0.793. The summed E-state index contributed by atoms with van der Waals surface area (Å²) in [7, 11) is 0. The number of aliphatic hydroxyl groups excluding tert-OH is 1. The standard InChI is InChI=1S/C69H114O5/c1-3-5-7-9-11-13-15-17-19-21-23-24-25-26-27-28-29-30-31-32-33-34-35-36-37-38-39-40-41-42-43-44-46-48-50-52-54-56-58-60-62-64-69(72)74-67(65-70)66-73-68(71)63-61-59-57-55-53-51-49-47-45-22-20-18-16-14-12-10-8-6-4-2/h5-8,11-14,17-20,23-24,26-27,29-30,45,47,51,53,67,70H,3-4,9-10,15-16,21-22,25,28,31-44,46,48-50,52,54-66H2,1-2H3/b7-5-,8-6-,13-11-,14-12-,19-17-,20-18-,24-23-,27-26-,30-29-,47-45-,53-51-. The van der Waals surface area contributed by atoms with Gasteiger partial charge in [0.1, 0.15) is 6.61 Å². The number of carbonyl (C=O) groups excluding carboxylic acids is 2. The van der Waals surface area contributed by atoms with Crippen LogP contribution in [-0.2, 0) is 19.1 Å². The summed E-state index contributed by atoms with van der Waals surface area (Å²) in [5.74, 6) is -0.627. The summed E-state index contributed by atoms with van der Waals surface area (Å²) in [6.45, 7) is 3.89. The molecule has 0 aromatic heterocycles. The molecule has 0 bridgehead atoms. The molecule has 0 rings (SSSR count). The van der Waals surface area contributed by atoms with Crippen molar-refractivity contribution in [1.29, 1.82) is 0 Å². The van der Waals surface area contributed by atoms with Gasteiger partial charge in [-0.1, -0.05) is 282 Å². The molecule has 0 radical (unpaired) electrons. The van der Waals surface area contributed by atoms with Crippen molar-refractivity contribution in [3.05, 3.63) is 134 Å². The summed E-state index contributed by atoms with van der Waals surface area (Å²) in [4.78, 5) is 24.5. The number of hydrogen-bond acceptors (Lipinski definition) is 5. The predicted molar refractivity (Wildman–Crippen MR) is 324 cm³/mol. The molecule has 1 N–H and O–H groups in total. The molecule has 0 aromatic carbocycles. The van der Waals surface area contributed by atoms with Gasteiger partial charge in [0, 0.05) is 12.8 Å². The predicted octanol–water partition coefficient (Wildman–Crippen LogP) is 21.2. The van der Waals surface area contributed by atoms with Crippen molar-refractivity contribution in [1.82, 2.24) is 0 Å². The van der Waals surface area contributed by atoms with Gasteiger partial charge in [-0.2, -0.15) is 0 Å². The number of rotatable bonds is 55. The van der Waals surface area contributed by atoms with Crippen molar-refractivity contribution in [2.75, 3.05) is 13.2 Å². The Bertz CT molecular complexity index is 1530. The molecule has 1 unspecified atom stereocenters. The smallest absolute Gasteiger partial charge is 0.306 e. The van der Waals surface area contributed by atoms with Crippen LogP contribution in [0.3, 0.4) is 0 Å². The summed E-state index contributed by atoms with van der Waals surface area (Å²) >= 11 is 0. The van der Waals surface area contributed by atoms with E-state index in [1.807, 2.05) is 0 Å². The fourth-order valence-electron chi connectivity index (χ4n) is 8.41. The van der Waals surface area contributed by atoms with Gasteiger partial charge in [-0.15, -0.1) is 0 Å². The zero-order chi connectivity index (χ0) is 53.4. The molecule has 5 heteroatoms. The highest BCUT2D eigenvalue weighted by molar-refractivity contribution is 5.70. The van der Waals surface area contributed by atoms with Crippen LogP contribution in [0.2, 0.25) is 0 Å². The maximum Gasteiger partial charge on any atom is 0.306 e. The quantitative estimate of drug-likeness (QED) is 0.0373. The fraction of sp³-hybridized carbons (Fsp3) is 0.652. The minimum absolute atomic E-state index is 0.0871. The Hall–Kier alpha value is -3.96. The van der Waals surface area contributed by atoms with E-state index in [4.69, 9.17) is 9.47 Å². The average molecular weight is 1020 g/mol. The largest absolute Gasteiger partial charge is 0.462 e. The molecule has 0 saturated carbocycles. The van der Waals surface area contributed by atoms with Gasteiger partial charge in [0.25, 0.3) is 0 Å². The van der Waals surface area contributed by atoms with E-state index >= 15 is 0 Å². The lowest BCUT2D eigenvalue weighted by atomic mass is 10.0. The zero-order valence-electron chi connectivity index (χ0n) is 48.1. The molecule has 1 atom stereocenters. The van der Waals surface area contributed by atoms with Crippen molar-refractivity contribution in [2.45, 2.75) is 277 Å². The van der Waals surface area contributed by atoms with Gasteiger partial charge in [-0.05, 0) is 109 Å². The van der Waals surface area contributed by atoms with Gasteiger partial charge in [-0.25, -0.2) is 0 Å². The molecule has 0 aliphatic rings. The van der Waals surface area contributed by atoms with E-state index in [-0.39, 0.29) is 25.2 Å². The van der Waals surface area contributed by atoms with Gasteiger partial charge >= 0.3 is 11.9 Å².